The Balaban J connectivity index is 2.48. The molecule has 1 aromatic rings. The van der Waals surface area contributed by atoms with Crippen LogP contribution >= 0.6 is 0 Å². The zero-order valence-electron chi connectivity index (χ0n) is 11.0. The van der Waals surface area contributed by atoms with E-state index < -0.39 is 0 Å². The minimum Gasteiger partial charge on any atom is -0.295 e. The SMILES string of the molecule is CCC1CCC(=O)C(=C(N=[N+]=[N-])c2ccccc2)C1. The second kappa shape index (κ2) is 6.21. The number of ketones is 1. The molecule has 4 heteroatoms. The van der Waals surface area contributed by atoms with Crippen LogP contribution in [-0.4, -0.2) is 5.78 Å². The normalized spacial score (nSPS) is 21.7. The van der Waals surface area contributed by atoms with E-state index >= 15 is 0 Å². The van der Waals surface area contributed by atoms with Crippen LogP contribution in [0.15, 0.2) is 41.0 Å². The highest BCUT2D eigenvalue weighted by molar-refractivity contribution is 6.03. The lowest BCUT2D eigenvalue weighted by Gasteiger charge is -2.23. The van der Waals surface area contributed by atoms with Crippen molar-refractivity contribution in [1.82, 2.24) is 0 Å². The van der Waals surface area contributed by atoms with Crippen molar-refractivity contribution in [2.24, 2.45) is 11.0 Å². The molecule has 4 nitrogen and oxygen atoms in total. The Labute approximate surface area is 112 Å². The Hall–Kier alpha value is -2.06. The summed E-state index contributed by atoms with van der Waals surface area (Å²) in [5.41, 5.74) is 10.8. The van der Waals surface area contributed by atoms with Crippen molar-refractivity contribution < 1.29 is 4.79 Å². The van der Waals surface area contributed by atoms with Gasteiger partial charge in [0.15, 0.2) is 5.78 Å². The lowest BCUT2D eigenvalue weighted by Crippen LogP contribution is -2.17. The van der Waals surface area contributed by atoms with Crippen LogP contribution in [0.25, 0.3) is 16.1 Å². The summed E-state index contributed by atoms with van der Waals surface area (Å²) >= 11 is 0. The molecule has 98 valence electrons. The number of allylic oxidation sites excluding steroid dienone is 1. The topological polar surface area (TPSA) is 65.8 Å². The Kier molecular flexibility index (Phi) is 4.37. The van der Waals surface area contributed by atoms with Gasteiger partial charge in [0.1, 0.15) is 0 Å². The third kappa shape index (κ3) is 3.04. The molecule has 0 spiro atoms. The first-order valence-corrected chi connectivity index (χ1v) is 6.63. The molecule has 0 saturated heterocycles. The summed E-state index contributed by atoms with van der Waals surface area (Å²) in [4.78, 5) is 15.0. The maximum absolute atomic E-state index is 12.1. The van der Waals surface area contributed by atoms with Gasteiger partial charge in [-0.2, -0.15) is 0 Å². The number of hydrogen-bond donors (Lipinski definition) is 0. The second-order valence-electron chi connectivity index (χ2n) is 4.82. The Morgan fingerprint density at radius 3 is 2.79 bits per heavy atom. The van der Waals surface area contributed by atoms with Crippen LogP contribution in [0, 0.1) is 5.92 Å². The monoisotopic (exact) mass is 255 g/mol. The zero-order valence-corrected chi connectivity index (χ0v) is 11.0. The zero-order chi connectivity index (χ0) is 13.7. The maximum atomic E-state index is 12.1. The van der Waals surface area contributed by atoms with Gasteiger partial charge in [0.25, 0.3) is 0 Å². The number of rotatable bonds is 3. The molecule has 0 bridgehead atoms. The molecule has 19 heavy (non-hydrogen) atoms. The van der Waals surface area contributed by atoms with E-state index in [4.69, 9.17) is 5.53 Å². The van der Waals surface area contributed by atoms with Gasteiger partial charge < -0.3 is 0 Å². The fraction of sp³-hybridized carbons (Fsp3) is 0.400. The first kappa shape index (κ1) is 13.4. The predicted molar refractivity (Wildman–Crippen MR) is 75.1 cm³/mol. The van der Waals surface area contributed by atoms with Gasteiger partial charge in [-0.3, -0.25) is 4.79 Å². The number of hydrogen-bond acceptors (Lipinski definition) is 2. The van der Waals surface area contributed by atoms with E-state index in [9.17, 15) is 4.79 Å². The standard InChI is InChI=1S/C15H17N3O/c1-2-11-8-9-14(19)13(10-11)15(17-18-16)12-6-4-3-5-7-12/h3-7,11H,2,8-10H2,1H3. The third-order valence-electron chi connectivity index (χ3n) is 3.66. The summed E-state index contributed by atoms with van der Waals surface area (Å²) in [7, 11) is 0. The summed E-state index contributed by atoms with van der Waals surface area (Å²) in [5, 5.41) is 3.78. The molecular formula is C15H17N3O. The number of benzene rings is 1. The molecule has 0 aromatic heterocycles. The maximum Gasteiger partial charge on any atom is 0.159 e. The van der Waals surface area contributed by atoms with E-state index in [1.165, 1.54) is 0 Å². The van der Waals surface area contributed by atoms with Gasteiger partial charge in [0, 0.05) is 16.9 Å². The summed E-state index contributed by atoms with van der Waals surface area (Å²) < 4.78 is 0. The molecule has 1 aliphatic carbocycles. The van der Waals surface area contributed by atoms with Crippen LogP contribution in [0.1, 0.15) is 38.2 Å². The number of Topliss-reactive ketones (excluding diaryl/α,β-unsaturated/α-hetero) is 1. The molecular weight excluding hydrogens is 238 g/mol. The van der Waals surface area contributed by atoms with Crippen LogP contribution in [0.2, 0.25) is 0 Å². The first-order chi connectivity index (χ1) is 9.26. The van der Waals surface area contributed by atoms with Crippen molar-refractivity contribution in [3.63, 3.8) is 0 Å². The van der Waals surface area contributed by atoms with Crippen molar-refractivity contribution in [2.75, 3.05) is 0 Å². The van der Waals surface area contributed by atoms with Gasteiger partial charge in [0.2, 0.25) is 0 Å². The fourth-order valence-electron chi connectivity index (χ4n) is 2.50. The van der Waals surface area contributed by atoms with Crippen LogP contribution in [0.5, 0.6) is 0 Å². The summed E-state index contributed by atoms with van der Waals surface area (Å²) in [6.45, 7) is 2.13. The number of azide groups is 1. The largest absolute Gasteiger partial charge is 0.295 e. The number of nitrogens with zero attached hydrogens (tertiary/aromatic N) is 3. The molecule has 1 atom stereocenters. The fourth-order valence-corrected chi connectivity index (χ4v) is 2.50. The van der Waals surface area contributed by atoms with Crippen molar-refractivity contribution in [1.29, 1.82) is 0 Å². The molecule has 1 aliphatic rings. The van der Waals surface area contributed by atoms with Gasteiger partial charge in [-0.05, 0) is 29.9 Å². The van der Waals surface area contributed by atoms with E-state index in [0.717, 1.165) is 24.8 Å². The summed E-state index contributed by atoms with van der Waals surface area (Å²) in [6, 6.07) is 9.42. The van der Waals surface area contributed by atoms with Gasteiger partial charge >= 0.3 is 0 Å². The molecule has 1 fully saturated rings. The summed E-state index contributed by atoms with van der Waals surface area (Å²) in [6.07, 6.45) is 3.27. The highest BCUT2D eigenvalue weighted by atomic mass is 16.1. The highest BCUT2D eigenvalue weighted by Crippen LogP contribution is 2.33. The molecule has 0 N–H and O–H groups in total. The number of carbonyl (C=O) groups excluding carboxylic acids is 1. The average molecular weight is 255 g/mol. The predicted octanol–water partition coefficient (Wildman–Crippen LogP) is 4.49. The Morgan fingerprint density at radius 1 is 1.42 bits per heavy atom. The van der Waals surface area contributed by atoms with Gasteiger partial charge in [-0.1, -0.05) is 48.8 Å². The molecule has 0 aliphatic heterocycles. The molecule has 0 amide bonds. The quantitative estimate of drug-likeness (QED) is 0.339. The smallest absolute Gasteiger partial charge is 0.159 e. The van der Waals surface area contributed by atoms with Crippen molar-refractivity contribution in [3.8, 4) is 0 Å². The molecule has 1 aromatic carbocycles. The van der Waals surface area contributed by atoms with Crippen LogP contribution in [0.4, 0.5) is 0 Å². The Morgan fingerprint density at radius 2 is 2.16 bits per heavy atom. The average Bonchev–Trinajstić information content (AvgIpc) is 2.47. The van der Waals surface area contributed by atoms with E-state index in [-0.39, 0.29) is 5.78 Å². The third-order valence-corrected chi connectivity index (χ3v) is 3.66. The van der Waals surface area contributed by atoms with E-state index in [0.29, 0.717) is 23.6 Å². The molecule has 0 radical (unpaired) electrons. The Bertz CT molecular complexity index is 542. The lowest BCUT2D eigenvalue weighted by atomic mass is 9.81. The lowest BCUT2D eigenvalue weighted by molar-refractivity contribution is -0.116. The minimum atomic E-state index is 0.121. The van der Waals surface area contributed by atoms with Crippen molar-refractivity contribution in [3.05, 3.63) is 51.9 Å². The van der Waals surface area contributed by atoms with Gasteiger partial charge in [-0.15, -0.1) is 0 Å². The second-order valence-corrected chi connectivity index (χ2v) is 4.82. The van der Waals surface area contributed by atoms with Crippen molar-refractivity contribution >= 4 is 11.5 Å². The van der Waals surface area contributed by atoms with Gasteiger partial charge in [0.05, 0.1) is 5.70 Å². The summed E-state index contributed by atoms with van der Waals surface area (Å²) in [5.74, 6) is 0.635. The van der Waals surface area contributed by atoms with Crippen LogP contribution in [-0.2, 0) is 4.79 Å². The van der Waals surface area contributed by atoms with Crippen LogP contribution in [0.3, 0.4) is 0 Å². The van der Waals surface area contributed by atoms with Crippen molar-refractivity contribution in [2.45, 2.75) is 32.6 Å². The highest BCUT2D eigenvalue weighted by Gasteiger charge is 2.25. The first-order valence-electron chi connectivity index (χ1n) is 6.63. The van der Waals surface area contributed by atoms with E-state index in [1.54, 1.807) is 0 Å². The molecule has 1 saturated carbocycles. The number of carbonyl (C=O) groups is 1. The molecule has 0 heterocycles. The van der Waals surface area contributed by atoms with E-state index in [1.807, 2.05) is 30.3 Å². The molecule has 2 rings (SSSR count). The van der Waals surface area contributed by atoms with Crippen LogP contribution < -0.4 is 0 Å². The minimum absolute atomic E-state index is 0.121. The van der Waals surface area contributed by atoms with Gasteiger partial charge in [-0.25, -0.2) is 0 Å². The molecule has 1 unspecified atom stereocenters. The van der Waals surface area contributed by atoms with E-state index in [2.05, 4.69) is 16.9 Å².